The molecule has 0 spiro atoms. The molecule has 1 N–H and O–H groups in total. The molecule has 11 heteroatoms. The Morgan fingerprint density at radius 3 is 2.56 bits per heavy atom. The molecule has 2 amide bonds. The summed E-state index contributed by atoms with van der Waals surface area (Å²) >= 11 is 0.995. The van der Waals surface area contributed by atoms with Gasteiger partial charge in [0.15, 0.2) is 5.16 Å². The highest BCUT2D eigenvalue weighted by Crippen LogP contribution is 2.19. The van der Waals surface area contributed by atoms with E-state index in [9.17, 15) is 23.2 Å². The minimum absolute atomic E-state index is 0.0959. The molecule has 0 aliphatic heterocycles. The first-order valence-electron chi connectivity index (χ1n) is 9.94. The number of aromatic nitrogens is 2. The van der Waals surface area contributed by atoms with Gasteiger partial charge in [0.1, 0.15) is 11.5 Å². The van der Waals surface area contributed by atoms with Gasteiger partial charge >= 0.3 is 6.61 Å². The van der Waals surface area contributed by atoms with Crippen molar-refractivity contribution < 1.29 is 27.5 Å². The number of benzene rings is 2. The Morgan fingerprint density at radius 1 is 1.09 bits per heavy atom. The predicted molar refractivity (Wildman–Crippen MR) is 120 cm³/mol. The molecule has 0 fully saturated rings. The Bertz CT molecular complexity index is 1370. The van der Waals surface area contributed by atoms with Crippen LogP contribution in [0, 0.1) is 0 Å². The summed E-state index contributed by atoms with van der Waals surface area (Å²) in [5.41, 5.74) is 0.291. The van der Waals surface area contributed by atoms with Crippen molar-refractivity contribution in [3.8, 4) is 5.75 Å². The monoisotopic (exact) mass is 485 g/mol. The summed E-state index contributed by atoms with van der Waals surface area (Å²) in [6.45, 7) is -2.85. The van der Waals surface area contributed by atoms with Crippen LogP contribution in [0.5, 0.6) is 5.75 Å². The fourth-order valence-electron chi connectivity index (χ4n) is 3.11. The van der Waals surface area contributed by atoms with Crippen LogP contribution in [0.4, 0.5) is 8.78 Å². The molecule has 0 radical (unpaired) electrons. The van der Waals surface area contributed by atoms with E-state index >= 15 is 0 Å². The van der Waals surface area contributed by atoms with Crippen molar-refractivity contribution in [2.75, 3.05) is 5.75 Å². The van der Waals surface area contributed by atoms with E-state index in [1.165, 1.54) is 35.1 Å². The fourth-order valence-corrected chi connectivity index (χ4v) is 3.91. The Kier molecular flexibility index (Phi) is 7.02. The predicted octanol–water partition coefficient (Wildman–Crippen LogP) is 3.69. The van der Waals surface area contributed by atoms with Crippen LogP contribution in [0.15, 0.2) is 81.3 Å². The molecular formula is C23H17F2N3O5S. The number of carbonyl (C=O) groups is 2. The van der Waals surface area contributed by atoms with Crippen molar-refractivity contribution in [3.05, 3.63) is 88.6 Å². The molecule has 0 atom stereocenters. The number of amides is 2. The molecular weight excluding hydrogens is 468 g/mol. The van der Waals surface area contributed by atoms with Gasteiger partial charge in [-0.15, -0.1) is 0 Å². The lowest BCUT2D eigenvalue weighted by molar-refractivity contribution is -0.117. The normalized spacial score (nSPS) is 11.0. The molecule has 0 saturated carbocycles. The SMILES string of the molecule is O=C(CSc1nc2ccccc2c(=O)n1Cc1ccco1)NC(=O)c1ccc(OC(F)F)cc1. The summed E-state index contributed by atoms with van der Waals surface area (Å²) in [5, 5.41) is 2.94. The maximum atomic E-state index is 13.0. The second kappa shape index (κ2) is 10.3. The molecule has 174 valence electrons. The average Bonchev–Trinajstić information content (AvgIpc) is 3.33. The number of fused-ring (bicyclic) bond motifs is 1. The first kappa shape index (κ1) is 23.2. The van der Waals surface area contributed by atoms with Crippen LogP contribution in [0.2, 0.25) is 0 Å². The van der Waals surface area contributed by atoms with Crippen molar-refractivity contribution in [2.24, 2.45) is 0 Å². The topological polar surface area (TPSA) is 103 Å². The molecule has 34 heavy (non-hydrogen) atoms. The molecule has 0 aliphatic carbocycles. The van der Waals surface area contributed by atoms with E-state index in [0.29, 0.717) is 16.7 Å². The standard InChI is InChI=1S/C23H17F2N3O5S/c24-22(25)33-15-9-7-14(8-10-15)20(30)27-19(29)13-34-23-26-18-6-2-1-5-17(18)21(31)28(23)12-16-4-3-11-32-16/h1-11,22H,12-13H2,(H,27,29,30). The van der Waals surface area contributed by atoms with Crippen molar-refractivity contribution in [2.45, 2.75) is 18.3 Å². The number of thioether (sulfide) groups is 1. The van der Waals surface area contributed by atoms with E-state index in [0.717, 1.165) is 11.8 Å². The highest BCUT2D eigenvalue weighted by Gasteiger charge is 2.16. The van der Waals surface area contributed by atoms with Crippen molar-refractivity contribution in [1.82, 2.24) is 14.9 Å². The van der Waals surface area contributed by atoms with Crippen LogP contribution in [0.3, 0.4) is 0 Å². The van der Waals surface area contributed by atoms with E-state index in [2.05, 4.69) is 15.0 Å². The van der Waals surface area contributed by atoms with Crippen LogP contribution >= 0.6 is 11.8 Å². The Labute approximate surface area is 195 Å². The number of alkyl halides is 2. The lowest BCUT2D eigenvalue weighted by Crippen LogP contribution is -2.32. The zero-order valence-corrected chi connectivity index (χ0v) is 18.3. The summed E-state index contributed by atoms with van der Waals surface area (Å²) in [4.78, 5) is 42.2. The van der Waals surface area contributed by atoms with E-state index in [1.54, 1.807) is 36.4 Å². The summed E-state index contributed by atoms with van der Waals surface area (Å²) in [7, 11) is 0. The van der Waals surface area contributed by atoms with Crippen LogP contribution < -0.4 is 15.6 Å². The van der Waals surface area contributed by atoms with Gasteiger partial charge in [-0.25, -0.2) is 4.98 Å². The number of hydrogen-bond donors (Lipinski definition) is 1. The smallest absolute Gasteiger partial charge is 0.387 e. The summed E-state index contributed by atoms with van der Waals surface area (Å²) in [5.74, 6) is -1.07. The third-order valence-electron chi connectivity index (χ3n) is 4.65. The van der Waals surface area contributed by atoms with Gasteiger partial charge in [-0.1, -0.05) is 23.9 Å². The number of rotatable bonds is 8. The van der Waals surface area contributed by atoms with Crippen LogP contribution in [-0.4, -0.2) is 33.7 Å². The molecule has 0 unspecified atom stereocenters. The van der Waals surface area contributed by atoms with Crippen LogP contribution in [0.1, 0.15) is 16.1 Å². The van der Waals surface area contributed by atoms with E-state index in [1.807, 2.05) is 0 Å². The zero-order chi connectivity index (χ0) is 24.1. The lowest BCUT2D eigenvalue weighted by atomic mass is 10.2. The molecule has 0 aliphatic rings. The lowest BCUT2D eigenvalue weighted by Gasteiger charge is -2.12. The third kappa shape index (κ3) is 5.49. The third-order valence-corrected chi connectivity index (χ3v) is 5.62. The number of hydrogen-bond acceptors (Lipinski definition) is 7. The van der Waals surface area contributed by atoms with Gasteiger partial charge in [0.25, 0.3) is 11.5 Å². The second-order valence-corrected chi connectivity index (χ2v) is 7.89. The first-order valence-corrected chi connectivity index (χ1v) is 10.9. The number of furan rings is 1. The highest BCUT2D eigenvalue weighted by atomic mass is 32.2. The quantitative estimate of drug-likeness (QED) is 0.300. The minimum atomic E-state index is -2.98. The average molecular weight is 485 g/mol. The van der Waals surface area contributed by atoms with Crippen LogP contribution in [-0.2, 0) is 11.3 Å². The fraction of sp³-hybridized carbons (Fsp3) is 0.130. The van der Waals surface area contributed by atoms with E-state index in [4.69, 9.17) is 4.42 Å². The molecule has 2 aromatic heterocycles. The number of para-hydroxylation sites is 1. The number of carbonyl (C=O) groups excluding carboxylic acids is 2. The number of halogens is 2. The van der Waals surface area contributed by atoms with Gasteiger partial charge in [-0.2, -0.15) is 8.78 Å². The van der Waals surface area contributed by atoms with Crippen molar-refractivity contribution in [3.63, 3.8) is 0 Å². The van der Waals surface area contributed by atoms with Gasteiger partial charge in [0.05, 0.1) is 29.5 Å². The molecule has 2 aromatic carbocycles. The molecule has 0 saturated heterocycles. The Morgan fingerprint density at radius 2 is 1.85 bits per heavy atom. The number of ether oxygens (including phenoxy) is 1. The molecule has 4 aromatic rings. The van der Waals surface area contributed by atoms with E-state index < -0.39 is 18.4 Å². The maximum absolute atomic E-state index is 13.0. The van der Waals surface area contributed by atoms with E-state index in [-0.39, 0.29) is 34.3 Å². The number of imide groups is 1. The largest absolute Gasteiger partial charge is 0.467 e. The van der Waals surface area contributed by atoms with Gasteiger partial charge in [-0.3, -0.25) is 24.3 Å². The minimum Gasteiger partial charge on any atom is -0.467 e. The Balaban J connectivity index is 1.47. The molecule has 0 bridgehead atoms. The summed E-state index contributed by atoms with van der Waals surface area (Å²) < 4.78 is 35.5. The Hall–Kier alpha value is -3.99. The summed E-state index contributed by atoms with van der Waals surface area (Å²) in [6, 6.07) is 15.2. The molecule has 2 heterocycles. The molecule has 8 nitrogen and oxygen atoms in total. The van der Waals surface area contributed by atoms with Gasteiger partial charge in [-0.05, 0) is 48.5 Å². The van der Waals surface area contributed by atoms with Crippen molar-refractivity contribution >= 4 is 34.5 Å². The number of nitrogens with one attached hydrogen (secondary N) is 1. The zero-order valence-electron chi connectivity index (χ0n) is 17.4. The van der Waals surface area contributed by atoms with Gasteiger partial charge < -0.3 is 9.15 Å². The molecule has 4 rings (SSSR count). The van der Waals surface area contributed by atoms with Crippen LogP contribution in [0.25, 0.3) is 10.9 Å². The summed E-state index contributed by atoms with van der Waals surface area (Å²) in [6.07, 6.45) is 1.49. The van der Waals surface area contributed by atoms with Gasteiger partial charge in [0.2, 0.25) is 5.91 Å². The van der Waals surface area contributed by atoms with Gasteiger partial charge in [0, 0.05) is 5.56 Å². The van der Waals surface area contributed by atoms with Crippen molar-refractivity contribution in [1.29, 1.82) is 0 Å². The second-order valence-electron chi connectivity index (χ2n) is 6.95. The maximum Gasteiger partial charge on any atom is 0.387 e. The number of nitrogens with zero attached hydrogens (tertiary/aromatic N) is 2. The first-order chi connectivity index (χ1) is 16.4. The highest BCUT2D eigenvalue weighted by molar-refractivity contribution is 7.99.